The third kappa shape index (κ3) is 5.46. The molecule has 0 bridgehead atoms. The number of benzene rings is 5. The second-order valence-electron chi connectivity index (χ2n) is 16.7. The molecule has 0 radical (unpaired) electrons. The first-order valence-electron chi connectivity index (χ1n) is 18.3. The molecule has 0 aliphatic carbocycles. The Morgan fingerprint density at radius 3 is 1.83 bits per heavy atom. The molecule has 0 unspecified atom stereocenters. The Balaban J connectivity index is 1.32. The minimum Gasteiger partial charge on any atom is -0.454 e. The fourth-order valence-corrected chi connectivity index (χ4v) is 7.79. The van der Waals surface area contributed by atoms with Crippen LogP contribution < -0.4 is 4.57 Å². The van der Waals surface area contributed by atoms with E-state index < -0.39 is 0 Å². The van der Waals surface area contributed by atoms with Gasteiger partial charge in [-0.15, -0.1) is 0 Å². The van der Waals surface area contributed by atoms with Crippen molar-refractivity contribution in [2.45, 2.75) is 80.1 Å². The molecule has 0 atom stereocenters. The van der Waals surface area contributed by atoms with E-state index in [4.69, 9.17) is 19.4 Å². The van der Waals surface area contributed by atoms with Crippen molar-refractivity contribution >= 4 is 43.5 Å². The van der Waals surface area contributed by atoms with Gasteiger partial charge in [0, 0.05) is 44.2 Å². The van der Waals surface area contributed by atoms with Gasteiger partial charge in [0.05, 0.1) is 5.56 Å². The van der Waals surface area contributed by atoms with Crippen molar-refractivity contribution in [1.82, 2.24) is 15.0 Å². The molecule has 0 aliphatic heterocycles. The fraction of sp³-hybridized carbons (Fsp3) is 0.277. The lowest BCUT2D eigenvalue weighted by atomic mass is 9.89. The van der Waals surface area contributed by atoms with Crippen molar-refractivity contribution < 1.29 is 8.98 Å². The second-order valence-corrected chi connectivity index (χ2v) is 16.7. The molecule has 5 heteroatoms. The lowest BCUT2D eigenvalue weighted by molar-refractivity contribution is -0.660. The second kappa shape index (κ2) is 11.8. The average Bonchev–Trinajstić information content (AvgIpc) is 3.46. The lowest BCUT2D eigenvalue weighted by Gasteiger charge is -2.23. The SMILES string of the molecule is Cc1c[n+](C)c(-c2c(C)ccc3c2oc2c3ccc3ccc4ccccc4c32)cc1-c1c(C)cc(-c2nc(C(C)(C)C)nc(C(C)(C)C)n2)cc1C. The number of pyridine rings is 1. The minimum atomic E-state index is -0.198. The topological polar surface area (TPSA) is 55.7 Å². The van der Waals surface area contributed by atoms with Gasteiger partial charge in [-0.3, -0.25) is 0 Å². The van der Waals surface area contributed by atoms with Gasteiger partial charge in [0.25, 0.3) is 0 Å². The van der Waals surface area contributed by atoms with Crippen LogP contribution in [0.3, 0.4) is 0 Å². The fourth-order valence-electron chi connectivity index (χ4n) is 7.79. The predicted molar refractivity (Wildman–Crippen MR) is 216 cm³/mol. The molecule has 0 saturated carbocycles. The molecule has 0 amide bonds. The molecule has 0 fully saturated rings. The largest absolute Gasteiger partial charge is 0.454 e. The quantitative estimate of drug-likeness (QED) is 0.137. The summed E-state index contributed by atoms with van der Waals surface area (Å²) in [5.74, 6) is 2.36. The number of hydrogen-bond donors (Lipinski definition) is 0. The number of aromatic nitrogens is 4. The summed E-state index contributed by atoms with van der Waals surface area (Å²) in [6, 6.07) is 28.7. The summed E-state index contributed by atoms with van der Waals surface area (Å²) in [6.45, 7) is 21.7. The molecule has 8 rings (SSSR count). The van der Waals surface area contributed by atoms with E-state index in [-0.39, 0.29) is 10.8 Å². The Morgan fingerprint density at radius 2 is 1.15 bits per heavy atom. The lowest BCUT2D eigenvalue weighted by Crippen LogP contribution is -2.31. The van der Waals surface area contributed by atoms with Crippen molar-refractivity contribution in [2.75, 3.05) is 0 Å². The molecule has 0 saturated heterocycles. The third-order valence-corrected chi connectivity index (χ3v) is 10.5. The summed E-state index contributed by atoms with van der Waals surface area (Å²) in [5, 5.41) is 7.04. The Hall–Kier alpha value is -5.42. The zero-order chi connectivity index (χ0) is 36.9. The van der Waals surface area contributed by atoms with Crippen LogP contribution >= 0.6 is 0 Å². The van der Waals surface area contributed by atoms with Gasteiger partial charge in [0.2, 0.25) is 5.69 Å². The van der Waals surface area contributed by atoms with E-state index in [0.717, 1.165) is 61.6 Å². The highest BCUT2D eigenvalue weighted by Crippen LogP contribution is 2.43. The van der Waals surface area contributed by atoms with Crippen molar-refractivity contribution in [3.8, 4) is 33.8 Å². The molecule has 0 spiro atoms. The summed E-state index contributed by atoms with van der Waals surface area (Å²) in [4.78, 5) is 14.9. The molecular weight excluding hydrogens is 637 g/mol. The number of aryl methyl sites for hydroxylation is 5. The van der Waals surface area contributed by atoms with Crippen molar-refractivity contribution in [3.05, 3.63) is 119 Å². The van der Waals surface area contributed by atoms with Gasteiger partial charge >= 0.3 is 0 Å². The maximum atomic E-state index is 7.02. The molecule has 0 N–H and O–H groups in total. The van der Waals surface area contributed by atoms with Crippen LogP contribution in [-0.4, -0.2) is 15.0 Å². The van der Waals surface area contributed by atoms with E-state index in [1.165, 1.54) is 49.5 Å². The maximum Gasteiger partial charge on any atom is 0.216 e. The zero-order valence-corrected chi connectivity index (χ0v) is 32.3. The van der Waals surface area contributed by atoms with E-state index in [1.807, 2.05) is 0 Å². The summed E-state index contributed by atoms with van der Waals surface area (Å²) in [6.07, 6.45) is 2.25. The molecule has 3 aromatic heterocycles. The average molecular weight is 684 g/mol. The molecule has 8 aromatic rings. The number of furan rings is 1. The first kappa shape index (κ1) is 33.7. The normalized spacial score (nSPS) is 12.5. The van der Waals surface area contributed by atoms with Crippen LogP contribution in [0.1, 0.15) is 75.4 Å². The summed E-state index contributed by atoms with van der Waals surface area (Å²) < 4.78 is 9.26. The summed E-state index contributed by atoms with van der Waals surface area (Å²) in [7, 11) is 2.14. The smallest absolute Gasteiger partial charge is 0.216 e. The number of nitrogens with zero attached hydrogens (tertiary/aromatic N) is 4. The molecule has 5 nitrogen and oxygen atoms in total. The molecule has 3 heterocycles. The molecule has 0 aliphatic rings. The summed E-state index contributed by atoms with van der Waals surface area (Å²) >= 11 is 0. The van der Waals surface area contributed by atoms with Crippen LogP contribution in [0.5, 0.6) is 0 Å². The number of rotatable bonds is 3. The number of fused-ring (bicyclic) bond motifs is 7. The van der Waals surface area contributed by atoms with E-state index in [1.54, 1.807) is 0 Å². The molecule has 52 heavy (non-hydrogen) atoms. The first-order valence-corrected chi connectivity index (χ1v) is 18.3. The molecular formula is C47H47N4O+. The Labute approximate surface area is 306 Å². The zero-order valence-electron chi connectivity index (χ0n) is 32.3. The van der Waals surface area contributed by atoms with Crippen molar-refractivity contribution in [1.29, 1.82) is 0 Å². The van der Waals surface area contributed by atoms with Crippen LogP contribution in [0.4, 0.5) is 0 Å². The Bertz CT molecular complexity index is 2700. The van der Waals surface area contributed by atoms with Gasteiger partial charge < -0.3 is 4.42 Å². The van der Waals surface area contributed by atoms with Crippen molar-refractivity contribution in [3.63, 3.8) is 0 Å². The third-order valence-electron chi connectivity index (χ3n) is 10.5. The number of hydrogen-bond acceptors (Lipinski definition) is 4. The first-order chi connectivity index (χ1) is 24.6. The van der Waals surface area contributed by atoms with Crippen LogP contribution in [0.25, 0.3) is 77.3 Å². The van der Waals surface area contributed by atoms with Gasteiger partial charge in [-0.05, 0) is 89.9 Å². The maximum absolute atomic E-state index is 7.02. The van der Waals surface area contributed by atoms with Gasteiger partial charge in [0.15, 0.2) is 12.0 Å². The van der Waals surface area contributed by atoms with E-state index >= 15 is 0 Å². The van der Waals surface area contributed by atoms with Crippen LogP contribution in [0, 0.1) is 27.7 Å². The van der Waals surface area contributed by atoms with Crippen LogP contribution in [-0.2, 0) is 17.9 Å². The van der Waals surface area contributed by atoms with Crippen LogP contribution in [0.15, 0.2) is 89.5 Å². The minimum absolute atomic E-state index is 0.198. The van der Waals surface area contributed by atoms with E-state index in [2.05, 4.69) is 166 Å². The highest BCUT2D eigenvalue weighted by molar-refractivity contribution is 6.24. The molecule has 260 valence electrons. The monoisotopic (exact) mass is 683 g/mol. The van der Waals surface area contributed by atoms with Gasteiger partial charge in [-0.25, -0.2) is 19.5 Å². The molecule has 5 aromatic carbocycles. The highest BCUT2D eigenvalue weighted by Gasteiger charge is 2.27. The highest BCUT2D eigenvalue weighted by atomic mass is 16.3. The van der Waals surface area contributed by atoms with Gasteiger partial charge in [-0.1, -0.05) is 96.1 Å². The summed E-state index contributed by atoms with van der Waals surface area (Å²) in [5.41, 5.74) is 11.9. The van der Waals surface area contributed by atoms with Crippen LogP contribution in [0.2, 0.25) is 0 Å². The Morgan fingerprint density at radius 1 is 0.558 bits per heavy atom. The Kier molecular flexibility index (Phi) is 7.66. The van der Waals surface area contributed by atoms with Crippen molar-refractivity contribution in [2.24, 2.45) is 7.05 Å². The van der Waals surface area contributed by atoms with Gasteiger partial charge in [-0.2, -0.15) is 0 Å². The van der Waals surface area contributed by atoms with E-state index in [0.29, 0.717) is 0 Å². The van der Waals surface area contributed by atoms with Gasteiger partial charge in [0.1, 0.15) is 29.9 Å². The predicted octanol–water partition coefficient (Wildman–Crippen LogP) is 11.7. The van der Waals surface area contributed by atoms with E-state index in [9.17, 15) is 0 Å². The standard InChI is InChI=1S/C47H47N4O/c1-26-16-20-34-35-21-19-31-18-17-30-14-12-13-15-33(30)40(31)42(35)52-41(34)39(26)37-24-36(29(4)25-51(37)11)38-27(2)22-32(23-28(38)3)43-48-44(46(5,6)7)50-45(49-43)47(8,9)10/h12-25H,1-11H3/q+1.